The van der Waals surface area contributed by atoms with Crippen molar-refractivity contribution < 1.29 is 19.1 Å². The van der Waals surface area contributed by atoms with E-state index in [9.17, 15) is 14.4 Å². The van der Waals surface area contributed by atoms with Gasteiger partial charge in [0.1, 0.15) is 35.2 Å². The molecule has 2 aromatic carbocycles. The summed E-state index contributed by atoms with van der Waals surface area (Å²) in [5.74, 6) is 2.50. The van der Waals surface area contributed by atoms with Crippen LogP contribution in [0.4, 0.5) is 11.5 Å². The number of imide groups is 1. The summed E-state index contributed by atoms with van der Waals surface area (Å²) < 4.78 is 6.24. The van der Waals surface area contributed by atoms with Crippen molar-refractivity contribution in [1.29, 1.82) is 0 Å². The summed E-state index contributed by atoms with van der Waals surface area (Å²) in [5, 5.41) is 11.2. The molecule has 1 saturated carbocycles. The summed E-state index contributed by atoms with van der Waals surface area (Å²) in [6.45, 7) is 13.4. The summed E-state index contributed by atoms with van der Waals surface area (Å²) in [6, 6.07) is 13.8. The molecule has 1 atom stereocenters. The number of H-pyrrole nitrogens is 1. The second-order valence-electron chi connectivity index (χ2n) is 17.8. The van der Waals surface area contributed by atoms with E-state index in [-0.39, 0.29) is 29.7 Å². The van der Waals surface area contributed by atoms with Gasteiger partial charge in [-0.25, -0.2) is 9.97 Å². The van der Waals surface area contributed by atoms with Crippen LogP contribution in [0.25, 0.3) is 22.3 Å². The number of amides is 3. The Labute approximate surface area is 339 Å². The molecule has 5 aliphatic heterocycles. The number of carbonyl (C=O) groups excluding carboxylic acids is 3. The van der Waals surface area contributed by atoms with Gasteiger partial charge in [0.15, 0.2) is 0 Å². The first-order valence-electron chi connectivity index (χ1n) is 21.5. The van der Waals surface area contributed by atoms with E-state index in [1.807, 2.05) is 24.3 Å². The molecule has 4 aromatic rings. The topological polar surface area (TPSA) is 143 Å². The second kappa shape index (κ2) is 15.3. The van der Waals surface area contributed by atoms with Crippen molar-refractivity contribution in [2.75, 3.05) is 75.2 Å². The van der Waals surface area contributed by atoms with Gasteiger partial charge < -0.3 is 29.2 Å². The Kier molecular flexibility index (Phi) is 9.79. The third-order valence-corrected chi connectivity index (χ3v) is 13.7. The van der Waals surface area contributed by atoms with Gasteiger partial charge in [-0.1, -0.05) is 6.07 Å². The lowest BCUT2D eigenvalue weighted by atomic mass is 9.94. The van der Waals surface area contributed by atoms with Crippen LogP contribution in [0, 0.1) is 11.8 Å². The molecule has 0 spiro atoms. The van der Waals surface area contributed by atoms with Crippen molar-refractivity contribution >= 4 is 40.1 Å². The number of piperidine rings is 3. The Balaban J connectivity index is 0.661. The largest absolute Gasteiger partial charge is 0.488 e. The average molecular weight is 787 g/mol. The Morgan fingerprint density at radius 3 is 2.19 bits per heavy atom. The molecule has 58 heavy (non-hydrogen) atoms. The first-order chi connectivity index (χ1) is 28.2. The summed E-state index contributed by atoms with van der Waals surface area (Å²) in [6.07, 6.45) is 9.14. The number of nitrogens with zero attached hydrogens (tertiary/aromatic N) is 8. The monoisotopic (exact) mass is 786 g/mol. The van der Waals surface area contributed by atoms with E-state index in [0.29, 0.717) is 30.4 Å². The molecule has 6 aliphatic rings. The first-order valence-corrected chi connectivity index (χ1v) is 21.5. The zero-order valence-corrected chi connectivity index (χ0v) is 33.5. The number of rotatable bonds is 10. The number of aromatic nitrogens is 4. The molecule has 1 unspecified atom stereocenters. The van der Waals surface area contributed by atoms with E-state index in [1.165, 1.54) is 19.4 Å². The number of hydrogen-bond acceptors (Lipinski definition) is 11. The van der Waals surface area contributed by atoms with Crippen LogP contribution in [0.5, 0.6) is 5.75 Å². The molecule has 10 rings (SSSR count). The zero-order valence-electron chi connectivity index (χ0n) is 33.5. The number of ether oxygens (including phenoxy) is 1. The molecular weight excluding hydrogens is 733 g/mol. The lowest BCUT2D eigenvalue weighted by Gasteiger charge is -2.41. The molecule has 0 radical (unpaired) electrons. The molecule has 4 saturated heterocycles. The van der Waals surface area contributed by atoms with Gasteiger partial charge >= 0.3 is 0 Å². The van der Waals surface area contributed by atoms with E-state index in [4.69, 9.17) is 4.74 Å². The maximum Gasteiger partial charge on any atom is 0.255 e. The van der Waals surface area contributed by atoms with Gasteiger partial charge in [0.25, 0.3) is 5.91 Å². The number of piperazine rings is 1. The van der Waals surface area contributed by atoms with Crippen molar-refractivity contribution in [3.8, 4) is 17.1 Å². The number of nitrogens with one attached hydrogen (secondary N) is 2. The Bertz CT molecular complexity index is 2200. The number of benzene rings is 2. The highest BCUT2D eigenvalue weighted by Gasteiger charge is 2.41. The van der Waals surface area contributed by atoms with E-state index in [2.05, 4.69) is 70.2 Å². The summed E-state index contributed by atoms with van der Waals surface area (Å²) in [4.78, 5) is 58.6. The highest BCUT2D eigenvalue weighted by molar-refractivity contribution is 6.05. The molecular formula is C44H54N10O4. The summed E-state index contributed by atoms with van der Waals surface area (Å²) >= 11 is 0. The molecule has 14 heteroatoms. The maximum atomic E-state index is 13.4. The molecule has 3 amide bonds. The molecule has 2 N–H and O–H groups in total. The predicted molar refractivity (Wildman–Crippen MR) is 221 cm³/mol. The van der Waals surface area contributed by atoms with Crippen LogP contribution >= 0.6 is 0 Å². The number of fused-ring (bicyclic) bond motifs is 2. The van der Waals surface area contributed by atoms with Crippen LogP contribution in [0.3, 0.4) is 0 Å². The fourth-order valence-corrected chi connectivity index (χ4v) is 9.81. The maximum absolute atomic E-state index is 13.4. The van der Waals surface area contributed by atoms with E-state index in [0.717, 1.165) is 130 Å². The highest BCUT2D eigenvalue weighted by atomic mass is 16.5. The van der Waals surface area contributed by atoms with Crippen molar-refractivity contribution in [1.82, 2.24) is 40.2 Å². The van der Waals surface area contributed by atoms with Crippen molar-refractivity contribution in [2.45, 2.75) is 76.5 Å². The highest BCUT2D eigenvalue weighted by Crippen LogP contribution is 2.41. The lowest BCUT2D eigenvalue weighted by molar-refractivity contribution is -0.136. The minimum Gasteiger partial charge on any atom is -0.488 e. The van der Waals surface area contributed by atoms with Gasteiger partial charge in [-0.2, -0.15) is 5.10 Å². The van der Waals surface area contributed by atoms with Gasteiger partial charge in [-0.3, -0.25) is 24.8 Å². The van der Waals surface area contributed by atoms with Crippen LogP contribution in [0.2, 0.25) is 0 Å². The average Bonchev–Trinajstić information content (AvgIpc) is 3.66. The van der Waals surface area contributed by atoms with Crippen LogP contribution < -0.4 is 19.9 Å². The van der Waals surface area contributed by atoms with E-state index >= 15 is 0 Å². The predicted octanol–water partition coefficient (Wildman–Crippen LogP) is 4.46. The van der Waals surface area contributed by atoms with E-state index < -0.39 is 6.04 Å². The summed E-state index contributed by atoms with van der Waals surface area (Å²) in [7, 11) is 0. The van der Waals surface area contributed by atoms with Crippen molar-refractivity contribution in [2.24, 2.45) is 11.8 Å². The normalized spacial score (nSPS) is 23.4. The minimum atomic E-state index is -0.579. The Morgan fingerprint density at radius 1 is 0.793 bits per heavy atom. The van der Waals surface area contributed by atoms with Crippen LogP contribution in [0.15, 0.2) is 48.8 Å². The molecule has 0 bridgehead atoms. The van der Waals surface area contributed by atoms with Gasteiger partial charge in [0.05, 0.1) is 11.2 Å². The molecule has 304 valence electrons. The lowest BCUT2D eigenvalue weighted by Crippen LogP contribution is -2.52. The number of carbonyl (C=O) groups is 3. The smallest absolute Gasteiger partial charge is 0.255 e. The number of hydrogen-bond donors (Lipinski definition) is 2. The SMILES string of the molecule is CC1(Oc2ccc3[nH]nc(-c4cc(N5CCC(CN6CCN(CC7CCN(c8ccc9c(c8)C(=O)N(C8CCC(=O)NC8=O)C9)CC7)CC6)CC5)ncn4)c3c2)CC1. The van der Waals surface area contributed by atoms with Crippen LogP contribution in [-0.2, 0) is 16.1 Å². The Morgan fingerprint density at radius 2 is 1.50 bits per heavy atom. The van der Waals surface area contributed by atoms with Crippen molar-refractivity contribution in [3.05, 3.63) is 59.9 Å². The quantitative estimate of drug-likeness (QED) is 0.220. The van der Waals surface area contributed by atoms with Crippen LogP contribution in [-0.4, -0.2) is 130 Å². The standard InChI is InChI=1S/C44H54N10O4/c1-44(12-13-44)58-33-4-5-36-35(23-33)41(49-48-36)37-24-39(46-28-45-37)53-16-10-30(11-17-53)26-51-20-18-50(19-21-51)25-29-8-14-52(15-9-29)32-3-2-31-27-54(43(57)34(31)22-32)38-6-7-40(55)47-42(38)56/h2-5,22-24,28-30,38H,6-21,25-27H2,1H3,(H,48,49)(H,47,55,56). The second-order valence-corrected chi connectivity index (χ2v) is 17.8. The van der Waals surface area contributed by atoms with Gasteiger partial charge in [0.2, 0.25) is 11.8 Å². The number of anilines is 2. The minimum absolute atomic E-state index is 0.0349. The molecule has 14 nitrogen and oxygen atoms in total. The first kappa shape index (κ1) is 37.2. The zero-order chi connectivity index (χ0) is 39.4. The van der Waals surface area contributed by atoms with Gasteiger partial charge in [0, 0.05) is 101 Å². The molecule has 1 aliphatic carbocycles. The fraction of sp³-hybridized carbons (Fsp3) is 0.545. The molecule has 2 aromatic heterocycles. The number of aromatic amines is 1. The molecule has 7 heterocycles. The van der Waals surface area contributed by atoms with Crippen molar-refractivity contribution in [3.63, 3.8) is 0 Å². The fourth-order valence-electron chi connectivity index (χ4n) is 9.81. The van der Waals surface area contributed by atoms with Gasteiger partial charge in [-0.15, -0.1) is 0 Å². The third kappa shape index (κ3) is 7.63. The van der Waals surface area contributed by atoms with Gasteiger partial charge in [-0.05, 0) is 99.6 Å². The van der Waals surface area contributed by atoms with Crippen LogP contribution in [0.1, 0.15) is 74.2 Å². The molecule has 5 fully saturated rings. The Hall–Kier alpha value is -5.08. The van der Waals surface area contributed by atoms with E-state index in [1.54, 1.807) is 11.2 Å². The summed E-state index contributed by atoms with van der Waals surface area (Å²) in [5.41, 5.74) is 5.33. The third-order valence-electron chi connectivity index (χ3n) is 13.7.